The number of halogens is 3. The number of nitrogens with two attached hydrogens (primary N) is 1. The Hall–Kier alpha value is -0.990. The van der Waals surface area contributed by atoms with Crippen LogP contribution in [0.3, 0.4) is 0 Å². The third-order valence-corrected chi connectivity index (χ3v) is 2.80. The van der Waals surface area contributed by atoms with Crippen LogP contribution < -0.4 is 5.73 Å². The van der Waals surface area contributed by atoms with E-state index in [1.54, 1.807) is 29.5 Å². The number of pyridine rings is 1. The van der Waals surface area contributed by atoms with E-state index < -0.39 is 12.4 Å². The van der Waals surface area contributed by atoms with Gasteiger partial charge < -0.3 is 10.5 Å². The molecule has 1 aromatic rings. The molecule has 0 aliphatic rings. The molecule has 4 nitrogen and oxygen atoms in total. The summed E-state index contributed by atoms with van der Waals surface area (Å²) in [5, 5.41) is 0. The van der Waals surface area contributed by atoms with Gasteiger partial charge in [0, 0.05) is 0 Å². The van der Waals surface area contributed by atoms with Gasteiger partial charge in [-0.05, 0) is 41.1 Å². The predicted molar refractivity (Wildman–Crippen MR) is 66.7 cm³/mol. The fourth-order valence-corrected chi connectivity index (χ4v) is 1.85. The molecule has 0 aromatic carbocycles. The lowest BCUT2D eigenvalue weighted by atomic mass is 10.1. The van der Waals surface area contributed by atoms with E-state index >= 15 is 0 Å². The van der Waals surface area contributed by atoms with Crippen molar-refractivity contribution in [2.45, 2.75) is 19.8 Å². The Morgan fingerprint density at radius 1 is 1.65 bits per heavy atom. The van der Waals surface area contributed by atoms with Gasteiger partial charge in [-0.2, -0.15) is 0 Å². The number of rotatable bonds is 4. The lowest BCUT2D eigenvalue weighted by molar-refractivity contribution is -0.142. The number of carbonyl (C=O) groups is 1. The Morgan fingerprint density at radius 2 is 2.29 bits per heavy atom. The molecule has 0 aliphatic heterocycles. The maximum atomic E-state index is 12.5. The van der Waals surface area contributed by atoms with Crippen LogP contribution in [-0.2, 0) is 16.0 Å². The van der Waals surface area contributed by atoms with Crippen LogP contribution in [0.4, 0.5) is 14.5 Å². The number of nitrogen functional groups attached to an aromatic ring is 1. The Kier molecular flexibility index (Phi) is 5.03. The average molecular weight is 356 g/mol. The number of hydrogen-bond donors (Lipinski definition) is 1. The molecule has 0 bridgehead atoms. The number of carbonyl (C=O) groups excluding carboxylic acids is 1. The highest BCUT2D eigenvalue weighted by Gasteiger charge is 2.16. The minimum Gasteiger partial charge on any atom is -0.466 e. The molecule has 1 heterocycles. The van der Waals surface area contributed by atoms with E-state index in [4.69, 9.17) is 10.5 Å². The van der Waals surface area contributed by atoms with Crippen molar-refractivity contribution in [3.8, 4) is 0 Å². The van der Waals surface area contributed by atoms with Crippen molar-refractivity contribution in [2.75, 3.05) is 12.3 Å². The second kappa shape index (κ2) is 6.08. The second-order valence-corrected chi connectivity index (χ2v) is 4.22. The fourth-order valence-electron chi connectivity index (χ4n) is 1.22. The lowest BCUT2D eigenvalue weighted by Crippen LogP contribution is -2.11. The van der Waals surface area contributed by atoms with Crippen LogP contribution in [0.25, 0.3) is 0 Å². The van der Waals surface area contributed by atoms with Crippen molar-refractivity contribution in [1.82, 2.24) is 4.98 Å². The molecule has 0 radical (unpaired) electrons. The van der Waals surface area contributed by atoms with E-state index in [1.807, 2.05) is 0 Å². The number of nitrogens with zero attached hydrogens (tertiary/aromatic N) is 1. The van der Waals surface area contributed by atoms with Gasteiger partial charge in [0.2, 0.25) is 0 Å². The third-order valence-electron chi connectivity index (χ3n) is 1.98. The number of aromatic nitrogens is 1. The number of alkyl halides is 2. The van der Waals surface area contributed by atoms with E-state index in [1.165, 1.54) is 0 Å². The average Bonchev–Trinajstić information content (AvgIpc) is 2.24. The van der Waals surface area contributed by atoms with Crippen LogP contribution in [0.5, 0.6) is 0 Å². The zero-order valence-corrected chi connectivity index (χ0v) is 11.2. The van der Waals surface area contributed by atoms with Crippen molar-refractivity contribution in [2.24, 2.45) is 0 Å². The molecule has 94 valence electrons. The highest BCUT2D eigenvalue weighted by Crippen LogP contribution is 2.25. The molecule has 1 aromatic heterocycles. The van der Waals surface area contributed by atoms with Crippen molar-refractivity contribution < 1.29 is 18.3 Å². The molecule has 0 amide bonds. The summed E-state index contributed by atoms with van der Waals surface area (Å²) in [6.45, 7) is 1.91. The molecule has 0 unspecified atom stereocenters. The summed E-state index contributed by atoms with van der Waals surface area (Å²) in [4.78, 5) is 14.9. The van der Waals surface area contributed by atoms with Gasteiger partial charge in [-0.15, -0.1) is 0 Å². The highest BCUT2D eigenvalue weighted by atomic mass is 127. The predicted octanol–water partition coefficient (Wildman–Crippen LogP) is 2.31. The van der Waals surface area contributed by atoms with E-state index in [0.717, 1.165) is 6.07 Å². The number of ether oxygens (including phenoxy) is 1. The molecule has 0 saturated carbocycles. The molecule has 17 heavy (non-hydrogen) atoms. The third kappa shape index (κ3) is 3.76. The van der Waals surface area contributed by atoms with Crippen molar-refractivity contribution in [1.29, 1.82) is 0 Å². The second-order valence-electron chi connectivity index (χ2n) is 3.19. The lowest BCUT2D eigenvalue weighted by Gasteiger charge is -2.09. The SMILES string of the molecule is CCOC(=O)Cc1cc(C(F)F)nc(I)c1N. The van der Waals surface area contributed by atoms with E-state index in [9.17, 15) is 13.6 Å². The van der Waals surface area contributed by atoms with Crippen LogP contribution in [0.1, 0.15) is 24.6 Å². The van der Waals surface area contributed by atoms with Gasteiger partial charge in [-0.1, -0.05) is 0 Å². The Labute approximate surface area is 111 Å². The molecular formula is C10H11F2IN2O2. The summed E-state index contributed by atoms with van der Waals surface area (Å²) in [6.07, 6.45) is -2.82. The normalized spacial score (nSPS) is 10.6. The molecule has 0 spiro atoms. The standard InChI is InChI=1S/C10H11F2IN2O2/c1-2-17-7(16)4-5-3-6(9(11)12)15-10(13)8(5)14/h3,9H,2,4,14H2,1H3. The number of hydrogen-bond acceptors (Lipinski definition) is 4. The van der Waals surface area contributed by atoms with E-state index in [-0.39, 0.29) is 28.1 Å². The maximum absolute atomic E-state index is 12.5. The summed E-state index contributed by atoms with van der Waals surface area (Å²) < 4.78 is 30.0. The zero-order valence-electron chi connectivity index (χ0n) is 9.04. The van der Waals surface area contributed by atoms with Gasteiger partial charge >= 0.3 is 5.97 Å². The minimum absolute atomic E-state index is 0.127. The van der Waals surface area contributed by atoms with Gasteiger partial charge in [-0.25, -0.2) is 13.8 Å². The first-order valence-electron chi connectivity index (χ1n) is 4.84. The number of anilines is 1. The van der Waals surface area contributed by atoms with Crippen LogP contribution in [0, 0.1) is 3.70 Å². The summed E-state index contributed by atoms with van der Waals surface area (Å²) in [6, 6.07) is 1.14. The van der Waals surface area contributed by atoms with Crippen LogP contribution in [0.15, 0.2) is 6.07 Å². The van der Waals surface area contributed by atoms with Crippen LogP contribution in [0.2, 0.25) is 0 Å². The van der Waals surface area contributed by atoms with E-state index in [2.05, 4.69) is 4.98 Å². The highest BCUT2D eigenvalue weighted by molar-refractivity contribution is 14.1. The van der Waals surface area contributed by atoms with Crippen molar-refractivity contribution >= 4 is 34.2 Å². The first kappa shape index (κ1) is 14.1. The monoisotopic (exact) mass is 356 g/mol. The zero-order chi connectivity index (χ0) is 13.0. The first-order chi connectivity index (χ1) is 7.95. The topological polar surface area (TPSA) is 65.2 Å². The van der Waals surface area contributed by atoms with Gasteiger partial charge in [0.05, 0.1) is 18.7 Å². The van der Waals surface area contributed by atoms with E-state index in [0.29, 0.717) is 5.56 Å². The minimum atomic E-state index is -2.69. The fraction of sp³-hybridized carbons (Fsp3) is 0.400. The Morgan fingerprint density at radius 3 is 2.82 bits per heavy atom. The molecule has 0 aliphatic carbocycles. The van der Waals surface area contributed by atoms with Gasteiger partial charge in [0.15, 0.2) is 0 Å². The summed E-state index contributed by atoms with van der Waals surface area (Å²) in [5.41, 5.74) is 5.84. The quantitative estimate of drug-likeness (QED) is 0.511. The first-order valence-corrected chi connectivity index (χ1v) is 5.92. The van der Waals surface area contributed by atoms with Gasteiger partial charge in [0.1, 0.15) is 9.39 Å². The molecule has 2 N–H and O–H groups in total. The van der Waals surface area contributed by atoms with Crippen LogP contribution in [-0.4, -0.2) is 17.6 Å². The Balaban J connectivity index is 3.01. The van der Waals surface area contributed by atoms with Crippen molar-refractivity contribution in [3.05, 3.63) is 21.0 Å². The molecule has 7 heteroatoms. The van der Waals surface area contributed by atoms with Gasteiger partial charge in [-0.3, -0.25) is 4.79 Å². The summed E-state index contributed by atoms with van der Waals surface area (Å²) in [7, 11) is 0. The molecule has 0 atom stereocenters. The molecular weight excluding hydrogens is 345 g/mol. The van der Waals surface area contributed by atoms with Crippen molar-refractivity contribution in [3.63, 3.8) is 0 Å². The molecule has 0 saturated heterocycles. The largest absolute Gasteiger partial charge is 0.466 e. The molecule has 1 rings (SSSR count). The van der Waals surface area contributed by atoms with Gasteiger partial charge in [0.25, 0.3) is 6.43 Å². The van der Waals surface area contributed by atoms with Crippen LogP contribution >= 0.6 is 22.6 Å². The Bertz CT molecular complexity index is 427. The smallest absolute Gasteiger partial charge is 0.310 e. The molecule has 0 fully saturated rings. The number of esters is 1. The maximum Gasteiger partial charge on any atom is 0.310 e. The summed E-state index contributed by atoms with van der Waals surface area (Å²) in [5.74, 6) is -0.499. The summed E-state index contributed by atoms with van der Waals surface area (Å²) >= 11 is 1.76.